The van der Waals surface area contributed by atoms with Crippen molar-refractivity contribution in [3.05, 3.63) is 29.6 Å². The minimum Gasteiger partial charge on any atom is -0.507 e. The second kappa shape index (κ2) is 5.57. The van der Waals surface area contributed by atoms with Crippen molar-refractivity contribution in [2.45, 2.75) is 38.3 Å². The smallest absolute Gasteiger partial charge is 0.257 e. The number of benzene rings is 1. The number of phenolic OH excluding ortho intramolecular Hbond substituents is 1. The summed E-state index contributed by atoms with van der Waals surface area (Å²) in [5.41, 5.74) is 6.05. The maximum atomic E-state index is 13.0. The Hall–Kier alpha value is -1.62. The highest BCUT2D eigenvalue weighted by Gasteiger charge is 2.30. The van der Waals surface area contributed by atoms with Crippen molar-refractivity contribution in [1.82, 2.24) is 4.90 Å². The van der Waals surface area contributed by atoms with E-state index in [-0.39, 0.29) is 29.3 Å². The predicted octanol–water partition coefficient (Wildman–Crippen LogP) is 1.87. The number of likely N-dealkylation sites (tertiary alicyclic amines) is 1. The topological polar surface area (TPSA) is 66.6 Å². The van der Waals surface area contributed by atoms with Crippen molar-refractivity contribution >= 4 is 5.91 Å². The van der Waals surface area contributed by atoms with Crippen LogP contribution in [0.5, 0.6) is 5.75 Å². The van der Waals surface area contributed by atoms with Gasteiger partial charge in [-0.1, -0.05) is 0 Å². The first-order valence-electron chi connectivity index (χ1n) is 6.56. The van der Waals surface area contributed by atoms with E-state index in [4.69, 9.17) is 5.73 Å². The monoisotopic (exact) mass is 266 g/mol. The maximum absolute atomic E-state index is 13.0. The molecule has 19 heavy (non-hydrogen) atoms. The Morgan fingerprint density at radius 1 is 1.53 bits per heavy atom. The van der Waals surface area contributed by atoms with E-state index in [9.17, 15) is 14.3 Å². The molecule has 0 radical (unpaired) electrons. The number of hydrogen-bond donors (Lipinski definition) is 2. The lowest BCUT2D eigenvalue weighted by Crippen LogP contribution is -2.51. The lowest BCUT2D eigenvalue weighted by molar-refractivity contribution is 0.0580. The highest BCUT2D eigenvalue weighted by atomic mass is 19.1. The molecule has 0 spiro atoms. The minimum atomic E-state index is -0.559. The summed E-state index contributed by atoms with van der Waals surface area (Å²) in [5.74, 6) is -1.16. The molecule has 1 fully saturated rings. The molecule has 1 amide bonds. The third kappa shape index (κ3) is 2.87. The average Bonchev–Trinajstić information content (AvgIpc) is 2.38. The normalized spacial score (nSPS) is 21.2. The Bertz CT molecular complexity index is 477. The van der Waals surface area contributed by atoms with Crippen LogP contribution in [0.1, 0.15) is 36.5 Å². The fourth-order valence-corrected chi connectivity index (χ4v) is 2.60. The molecule has 0 aliphatic carbocycles. The Morgan fingerprint density at radius 3 is 2.89 bits per heavy atom. The molecule has 0 aromatic heterocycles. The Balaban J connectivity index is 2.26. The van der Waals surface area contributed by atoms with Gasteiger partial charge in [0, 0.05) is 24.7 Å². The summed E-state index contributed by atoms with van der Waals surface area (Å²) in [6, 6.07) is 3.31. The largest absolute Gasteiger partial charge is 0.507 e. The van der Waals surface area contributed by atoms with Crippen LogP contribution in [-0.4, -0.2) is 34.5 Å². The van der Waals surface area contributed by atoms with Gasteiger partial charge in [0.15, 0.2) is 0 Å². The quantitative estimate of drug-likeness (QED) is 0.858. The van der Waals surface area contributed by atoms with Gasteiger partial charge < -0.3 is 15.7 Å². The van der Waals surface area contributed by atoms with Crippen LogP contribution in [-0.2, 0) is 0 Å². The van der Waals surface area contributed by atoms with E-state index in [0.29, 0.717) is 6.54 Å². The summed E-state index contributed by atoms with van der Waals surface area (Å²) >= 11 is 0. The number of rotatable bonds is 2. The molecule has 2 rings (SSSR count). The molecule has 2 unspecified atom stereocenters. The van der Waals surface area contributed by atoms with Crippen molar-refractivity contribution in [2.75, 3.05) is 6.54 Å². The average molecular weight is 266 g/mol. The van der Waals surface area contributed by atoms with Crippen LogP contribution >= 0.6 is 0 Å². The Labute approximate surface area is 112 Å². The Kier molecular flexibility index (Phi) is 4.04. The fraction of sp³-hybridized carbons (Fsp3) is 0.500. The summed E-state index contributed by atoms with van der Waals surface area (Å²) in [7, 11) is 0. The number of piperidine rings is 1. The van der Waals surface area contributed by atoms with E-state index in [1.165, 1.54) is 12.1 Å². The van der Waals surface area contributed by atoms with Crippen LogP contribution in [0.4, 0.5) is 4.39 Å². The molecule has 0 bridgehead atoms. The molecule has 1 aliphatic rings. The van der Waals surface area contributed by atoms with Crippen molar-refractivity contribution < 1.29 is 14.3 Å². The van der Waals surface area contributed by atoms with Crippen LogP contribution in [0.25, 0.3) is 0 Å². The zero-order valence-corrected chi connectivity index (χ0v) is 11.0. The Morgan fingerprint density at radius 2 is 2.26 bits per heavy atom. The predicted molar refractivity (Wildman–Crippen MR) is 70.4 cm³/mol. The summed E-state index contributed by atoms with van der Waals surface area (Å²) < 4.78 is 13.0. The molecule has 2 atom stereocenters. The summed E-state index contributed by atoms with van der Waals surface area (Å²) in [4.78, 5) is 14.1. The van der Waals surface area contributed by atoms with E-state index in [1.54, 1.807) is 4.90 Å². The molecule has 5 heteroatoms. The number of hydrogen-bond acceptors (Lipinski definition) is 3. The number of aromatic hydroxyl groups is 1. The lowest BCUT2D eigenvalue weighted by atomic mass is 9.96. The summed E-state index contributed by atoms with van der Waals surface area (Å²) in [6.07, 6.45) is 2.84. The van der Waals surface area contributed by atoms with Crippen LogP contribution in [0.3, 0.4) is 0 Å². The van der Waals surface area contributed by atoms with Gasteiger partial charge in [0.1, 0.15) is 11.6 Å². The first-order chi connectivity index (χ1) is 9.00. The molecular formula is C14H19FN2O2. The van der Waals surface area contributed by atoms with E-state index < -0.39 is 5.82 Å². The zero-order valence-electron chi connectivity index (χ0n) is 11.0. The maximum Gasteiger partial charge on any atom is 0.257 e. The summed E-state index contributed by atoms with van der Waals surface area (Å²) in [6.45, 7) is 2.50. The molecule has 1 heterocycles. The van der Waals surface area contributed by atoms with Gasteiger partial charge >= 0.3 is 0 Å². The minimum absolute atomic E-state index is 0.0225. The second-order valence-corrected chi connectivity index (χ2v) is 5.08. The van der Waals surface area contributed by atoms with Crippen molar-refractivity contribution in [2.24, 2.45) is 5.73 Å². The SMILES string of the molecule is CC(N)C1CCCCN1C(=O)c1ccc(F)cc1O. The molecule has 0 saturated carbocycles. The van der Waals surface area contributed by atoms with Crippen LogP contribution in [0.15, 0.2) is 18.2 Å². The van der Waals surface area contributed by atoms with Gasteiger partial charge in [-0.25, -0.2) is 4.39 Å². The fourth-order valence-electron chi connectivity index (χ4n) is 2.60. The first-order valence-corrected chi connectivity index (χ1v) is 6.56. The van der Waals surface area contributed by atoms with E-state index >= 15 is 0 Å². The molecule has 4 nitrogen and oxygen atoms in total. The third-order valence-electron chi connectivity index (χ3n) is 3.61. The molecule has 1 aromatic rings. The van der Waals surface area contributed by atoms with Gasteiger partial charge in [-0.3, -0.25) is 4.79 Å². The van der Waals surface area contributed by atoms with Gasteiger partial charge in [-0.15, -0.1) is 0 Å². The van der Waals surface area contributed by atoms with Crippen LogP contribution < -0.4 is 5.73 Å². The number of amides is 1. The number of carbonyl (C=O) groups excluding carboxylic acids is 1. The van der Waals surface area contributed by atoms with E-state index in [2.05, 4.69) is 0 Å². The lowest BCUT2D eigenvalue weighted by Gasteiger charge is -2.38. The molecule has 1 aromatic carbocycles. The van der Waals surface area contributed by atoms with E-state index in [1.807, 2.05) is 6.92 Å². The van der Waals surface area contributed by atoms with Crippen molar-refractivity contribution in [1.29, 1.82) is 0 Å². The van der Waals surface area contributed by atoms with Gasteiger partial charge in [0.25, 0.3) is 5.91 Å². The van der Waals surface area contributed by atoms with Crippen LogP contribution in [0, 0.1) is 5.82 Å². The van der Waals surface area contributed by atoms with Gasteiger partial charge in [-0.2, -0.15) is 0 Å². The number of halogens is 1. The number of nitrogens with two attached hydrogens (primary N) is 1. The third-order valence-corrected chi connectivity index (χ3v) is 3.61. The number of carbonyl (C=O) groups is 1. The molecule has 1 saturated heterocycles. The van der Waals surface area contributed by atoms with Crippen molar-refractivity contribution in [3.63, 3.8) is 0 Å². The number of phenols is 1. The molecule has 3 N–H and O–H groups in total. The highest BCUT2D eigenvalue weighted by molar-refractivity contribution is 5.97. The summed E-state index contributed by atoms with van der Waals surface area (Å²) in [5, 5.41) is 9.70. The second-order valence-electron chi connectivity index (χ2n) is 5.08. The standard InChI is InChI=1S/C14H19FN2O2/c1-9(16)12-4-2-3-7-17(12)14(19)11-6-5-10(15)8-13(11)18/h5-6,8-9,12,18H,2-4,7,16H2,1H3. The van der Waals surface area contributed by atoms with Crippen molar-refractivity contribution in [3.8, 4) is 5.75 Å². The molecule has 104 valence electrons. The molecular weight excluding hydrogens is 247 g/mol. The van der Waals surface area contributed by atoms with Gasteiger partial charge in [0.2, 0.25) is 0 Å². The number of nitrogens with zero attached hydrogens (tertiary/aromatic N) is 1. The van der Waals surface area contributed by atoms with E-state index in [0.717, 1.165) is 25.3 Å². The van der Waals surface area contributed by atoms with Gasteiger partial charge in [-0.05, 0) is 38.3 Å². The first kappa shape index (κ1) is 13.8. The van der Waals surface area contributed by atoms with Gasteiger partial charge in [0.05, 0.1) is 5.56 Å². The van der Waals surface area contributed by atoms with Crippen LogP contribution in [0.2, 0.25) is 0 Å². The zero-order chi connectivity index (χ0) is 14.0. The highest BCUT2D eigenvalue weighted by Crippen LogP contribution is 2.25. The molecule has 1 aliphatic heterocycles.